The number of anilines is 3. The van der Waals surface area contributed by atoms with E-state index in [4.69, 9.17) is 0 Å². The maximum atomic E-state index is 2.65. The first-order chi connectivity index (χ1) is 27.2. The average Bonchev–Trinajstić information content (AvgIpc) is 3.86. The molecule has 0 amide bonds. The van der Waals surface area contributed by atoms with Crippen molar-refractivity contribution < 1.29 is 0 Å². The zero-order valence-electron chi connectivity index (χ0n) is 30.8. The zero-order chi connectivity index (χ0) is 35.9. The predicted octanol–water partition coefficient (Wildman–Crippen LogP) is 14.6. The van der Waals surface area contributed by atoms with E-state index in [0.29, 0.717) is 5.41 Å². The van der Waals surface area contributed by atoms with Crippen molar-refractivity contribution in [1.29, 1.82) is 0 Å². The quantitative estimate of drug-likeness (QED) is 0.171. The number of nitrogens with zero attached hydrogens (tertiary/aromatic N) is 1. The fraction of sp³-hybridized carbons (Fsp3) is 0.208. The van der Waals surface area contributed by atoms with Crippen LogP contribution < -0.4 is 4.90 Å². The lowest BCUT2D eigenvalue weighted by Crippen LogP contribution is -2.50. The van der Waals surface area contributed by atoms with Gasteiger partial charge in [-0.1, -0.05) is 115 Å². The van der Waals surface area contributed by atoms with Gasteiger partial charge in [-0.3, -0.25) is 0 Å². The molecule has 2 heteroatoms. The van der Waals surface area contributed by atoms with Gasteiger partial charge in [-0.25, -0.2) is 0 Å². The van der Waals surface area contributed by atoms with Crippen LogP contribution in [0, 0.1) is 29.1 Å². The molecule has 0 saturated heterocycles. The van der Waals surface area contributed by atoms with E-state index < -0.39 is 0 Å². The van der Waals surface area contributed by atoms with E-state index in [2.05, 4.69) is 169 Å². The van der Waals surface area contributed by atoms with E-state index in [1.54, 1.807) is 11.1 Å². The van der Waals surface area contributed by atoms with E-state index in [9.17, 15) is 0 Å². The van der Waals surface area contributed by atoms with Crippen LogP contribution >= 0.6 is 11.3 Å². The van der Waals surface area contributed by atoms with Gasteiger partial charge in [-0.2, -0.15) is 0 Å². The standard InChI is InChI=1S/C53H41NS/c1-2-10-35(11-3-1)41-12-5-8-16-48(41)54(39-21-18-34(19-22-39)36-20-25-50-45(28-36)44-14-6-9-17-49(44)55-50)40-23-24-43-42-13-4-7-15-46(42)53(47(43)30-40)38-27-33-26-37-29-51(53)52(37,31-33)32-38/h1-25,28,30,33,37-38,51H,26-27,29,31-32H2. The number of para-hydroxylation sites is 1. The Kier molecular flexibility index (Phi) is 6.21. The molecule has 6 atom stereocenters. The van der Waals surface area contributed by atoms with Gasteiger partial charge in [0.15, 0.2) is 0 Å². The van der Waals surface area contributed by atoms with Crippen molar-refractivity contribution in [3.8, 4) is 33.4 Å². The summed E-state index contributed by atoms with van der Waals surface area (Å²) in [6.45, 7) is 0. The maximum absolute atomic E-state index is 2.65. The Bertz CT molecular complexity index is 2850. The second-order valence-electron chi connectivity index (χ2n) is 17.4. The summed E-state index contributed by atoms with van der Waals surface area (Å²) in [5.41, 5.74) is 15.6. The second kappa shape index (κ2) is 11.1. The Hall–Kier alpha value is -5.44. The van der Waals surface area contributed by atoms with Gasteiger partial charge >= 0.3 is 0 Å². The summed E-state index contributed by atoms with van der Waals surface area (Å²) in [7, 11) is 0. The Morgan fingerprint density at radius 1 is 0.473 bits per heavy atom. The molecule has 5 aliphatic carbocycles. The minimum atomic E-state index is 0.132. The van der Waals surface area contributed by atoms with Crippen molar-refractivity contribution in [3.63, 3.8) is 0 Å². The fourth-order valence-electron chi connectivity index (χ4n) is 13.3. The van der Waals surface area contributed by atoms with Gasteiger partial charge in [-0.15, -0.1) is 11.3 Å². The lowest BCUT2D eigenvalue weighted by atomic mass is 9.49. The minimum Gasteiger partial charge on any atom is -0.310 e. The zero-order valence-corrected chi connectivity index (χ0v) is 31.6. The van der Waals surface area contributed by atoms with Crippen molar-refractivity contribution in [2.75, 3.05) is 4.90 Å². The normalized spacial score (nSPS) is 26.3. The van der Waals surface area contributed by atoms with Crippen LogP contribution in [0.2, 0.25) is 0 Å². The topological polar surface area (TPSA) is 3.24 Å². The number of hydrogen-bond acceptors (Lipinski definition) is 2. The number of thiophene rings is 1. The van der Waals surface area contributed by atoms with Crippen LogP contribution in [-0.2, 0) is 5.41 Å². The van der Waals surface area contributed by atoms with Crippen LogP contribution in [0.4, 0.5) is 17.1 Å². The van der Waals surface area contributed by atoms with Gasteiger partial charge in [0.05, 0.1) is 5.69 Å². The predicted molar refractivity (Wildman–Crippen MR) is 231 cm³/mol. The van der Waals surface area contributed by atoms with Gasteiger partial charge in [-0.05, 0) is 149 Å². The van der Waals surface area contributed by atoms with Gasteiger partial charge in [0.25, 0.3) is 0 Å². The number of rotatable bonds is 5. The summed E-state index contributed by atoms with van der Waals surface area (Å²) in [6.07, 6.45) is 7.24. The van der Waals surface area contributed by atoms with Gasteiger partial charge < -0.3 is 4.90 Å². The molecule has 8 aromatic rings. The molecule has 55 heavy (non-hydrogen) atoms. The Morgan fingerprint density at radius 2 is 1.18 bits per heavy atom. The first-order valence-corrected chi connectivity index (χ1v) is 21.2. The molecule has 0 radical (unpaired) electrons. The van der Waals surface area contributed by atoms with E-state index in [0.717, 1.165) is 23.7 Å². The van der Waals surface area contributed by atoms with Crippen LogP contribution in [0.15, 0.2) is 164 Å². The fourth-order valence-corrected chi connectivity index (χ4v) is 14.4. The highest BCUT2D eigenvalue weighted by atomic mass is 32.1. The van der Waals surface area contributed by atoms with E-state index in [-0.39, 0.29) is 5.41 Å². The molecule has 0 aliphatic heterocycles. The third kappa shape index (κ3) is 4.03. The monoisotopic (exact) mass is 723 g/mol. The van der Waals surface area contributed by atoms with Crippen molar-refractivity contribution >= 4 is 48.6 Å². The highest BCUT2D eigenvalue weighted by molar-refractivity contribution is 7.25. The van der Waals surface area contributed by atoms with Crippen LogP contribution in [0.5, 0.6) is 0 Å². The molecular formula is C53H41NS. The molecule has 0 N–H and O–H groups in total. The smallest absolute Gasteiger partial charge is 0.0540 e. The molecule has 3 bridgehead atoms. The second-order valence-corrected chi connectivity index (χ2v) is 18.5. The summed E-state index contributed by atoms with van der Waals surface area (Å²) in [5, 5.41) is 2.69. The van der Waals surface area contributed by atoms with Gasteiger partial charge in [0.1, 0.15) is 0 Å². The molecular weight excluding hydrogens is 683 g/mol. The molecule has 2 spiro atoms. The maximum Gasteiger partial charge on any atom is 0.0540 e. The molecule has 264 valence electrons. The number of hydrogen-bond donors (Lipinski definition) is 0. The van der Waals surface area contributed by atoms with Crippen LogP contribution in [0.3, 0.4) is 0 Å². The highest BCUT2D eigenvalue weighted by Crippen LogP contribution is 2.83. The van der Waals surface area contributed by atoms with Crippen LogP contribution in [0.25, 0.3) is 53.6 Å². The lowest BCUT2D eigenvalue weighted by Gasteiger charge is -2.54. The van der Waals surface area contributed by atoms with Gasteiger partial charge in [0.2, 0.25) is 0 Å². The van der Waals surface area contributed by atoms with Crippen molar-refractivity contribution in [2.45, 2.75) is 37.5 Å². The summed E-state index contributed by atoms with van der Waals surface area (Å²) < 4.78 is 2.69. The Labute approximate surface area is 326 Å². The molecule has 5 aliphatic rings. The van der Waals surface area contributed by atoms with Crippen molar-refractivity contribution in [2.24, 2.45) is 29.1 Å². The SMILES string of the molecule is c1ccc(-c2ccccc2N(c2ccc(-c3ccc4sc5ccccc5c4c3)cc2)c2ccc3c(c2)C2(c4ccccc4-3)C3CC4CC5CC2C5(C4)C3)cc1. The molecule has 7 aromatic carbocycles. The average molecular weight is 724 g/mol. The van der Waals surface area contributed by atoms with E-state index in [1.807, 2.05) is 11.3 Å². The van der Waals surface area contributed by atoms with Gasteiger partial charge in [0, 0.05) is 42.5 Å². The molecule has 1 nitrogen and oxygen atoms in total. The lowest BCUT2D eigenvalue weighted by molar-refractivity contribution is -0.0193. The number of fused-ring (bicyclic) bond motifs is 12. The minimum absolute atomic E-state index is 0.132. The Balaban J connectivity index is 0.988. The summed E-state index contributed by atoms with van der Waals surface area (Å²) in [4.78, 5) is 2.55. The summed E-state index contributed by atoms with van der Waals surface area (Å²) in [5.74, 6) is 3.39. The molecule has 4 saturated carbocycles. The van der Waals surface area contributed by atoms with Crippen molar-refractivity contribution in [1.82, 2.24) is 0 Å². The summed E-state index contributed by atoms with van der Waals surface area (Å²) in [6, 6.07) is 62.2. The molecule has 1 heterocycles. The number of benzene rings is 7. The van der Waals surface area contributed by atoms with Crippen LogP contribution in [-0.4, -0.2) is 0 Å². The summed E-state index contributed by atoms with van der Waals surface area (Å²) >= 11 is 1.88. The largest absolute Gasteiger partial charge is 0.310 e. The third-order valence-electron chi connectivity index (χ3n) is 15.2. The van der Waals surface area contributed by atoms with E-state index in [1.165, 1.54) is 103 Å². The molecule has 6 unspecified atom stereocenters. The molecule has 1 aromatic heterocycles. The third-order valence-corrected chi connectivity index (χ3v) is 16.3. The first-order valence-electron chi connectivity index (χ1n) is 20.4. The van der Waals surface area contributed by atoms with Crippen molar-refractivity contribution in [3.05, 3.63) is 175 Å². The molecule has 13 rings (SSSR count). The Morgan fingerprint density at radius 3 is 2.09 bits per heavy atom. The van der Waals surface area contributed by atoms with Crippen LogP contribution in [0.1, 0.15) is 43.2 Å². The highest BCUT2D eigenvalue weighted by Gasteiger charge is 2.76. The molecule has 4 fully saturated rings. The van der Waals surface area contributed by atoms with E-state index >= 15 is 0 Å². The first kappa shape index (κ1) is 30.8.